The van der Waals surface area contributed by atoms with Crippen LogP contribution in [0.4, 0.5) is 5.69 Å². The van der Waals surface area contributed by atoms with Crippen LogP contribution in [0.15, 0.2) is 41.5 Å². The number of carbonyl (C=O) groups is 1. The zero-order valence-corrected chi connectivity index (χ0v) is 13.3. The number of hydrazone groups is 1. The van der Waals surface area contributed by atoms with E-state index in [0.29, 0.717) is 0 Å². The molecule has 2 rings (SSSR count). The van der Waals surface area contributed by atoms with Crippen LogP contribution < -0.4 is 10.2 Å². The van der Waals surface area contributed by atoms with Crippen LogP contribution in [0.3, 0.4) is 0 Å². The average Bonchev–Trinajstić information content (AvgIpc) is 2.55. The third kappa shape index (κ3) is 5.08. The summed E-state index contributed by atoms with van der Waals surface area (Å²) in [5.74, 6) is -1.11. The lowest BCUT2D eigenvalue weighted by atomic mass is 10.2. The first kappa shape index (κ1) is 18.0. The van der Waals surface area contributed by atoms with Crippen LogP contribution in [-0.2, 0) is 4.79 Å². The fourth-order valence-electron chi connectivity index (χ4n) is 1.75. The fraction of sp³-hybridized carbons (Fsp3) is 0.0667. The van der Waals surface area contributed by atoms with Crippen molar-refractivity contribution >= 4 is 29.4 Å². The third-order valence-electron chi connectivity index (χ3n) is 2.88. The van der Waals surface area contributed by atoms with E-state index < -0.39 is 17.4 Å². The molecule has 2 aromatic rings. The van der Waals surface area contributed by atoms with E-state index in [-0.39, 0.29) is 33.5 Å². The maximum atomic E-state index is 11.6. The molecule has 0 aliphatic carbocycles. The Morgan fingerprint density at radius 2 is 2.08 bits per heavy atom. The molecule has 1 amide bonds. The Morgan fingerprint density at radius 3 is 2.76 bits per heavy atom. The normalized spacial score (nSPS) is 10.6. The molecular weight excluding hydrogens is 354 g/mol. The molecule has 0 radical (unpaired) electrons. The Balaban J connectivity index is 1.93. The van der Waals surface area contributed by atoms with Gasteiger partial charge in [-0.2, -0.15) is 5.10 Å². The first-order chi connectivity index (χ1) is 11.9. The quantitative estimate of drug-likeness (QED) is 0.408. The molecule has 0 heterocycles. The molecule has 0 unspecified atom stereocenters. The number of nitrogens with one attached hydrogen (secondary N) is 1. The summed E-state index contributed by atoms with van der Waals surface area (Å²) in [7, 11) is 0. The highest BCUT2D eigenvalue weighted by Crippen LogP contribution is 2.29. The van der Waals surface area contributed by atoms with Crippen molar-refractivity contribution in [3.63, 3.8) is 0 Å². The van der Waals surface area contributed by atoms with Gasteiger partial charge in [0.25, 0.3) is 5.91 Å². The summed E-state index contributed by atoms with van der Waals surface area (Å²) < 4.78 is 5.09. The van der Waals surface area contributed by atoms with Gasteiger partial charge in [0.2, 0.25) is 0 Å². The van der Waals surface area contributed by atoms with E-state index in [4.69, 9.17) is 21.4 Å². The summed E-state index contributed by atoms with van der Waals surface area (Å²) in [5.41, 5.74) is 2.05. The van der Waals surface area contributed by atoms with E-state index in [1.165, 1.54) is 24.3 Å². The topological polar surface area (TPSA) is 134 Å². The molecule has 0 saturated heterocycles. The number of aromatic hydroxyl groups is 2. The van der Waals surface area contributed by atoms with Gasteiger partial charge in [-0.05, 0) is 24.3 Å². The molecule has 0 fully saturated rings. The van der Waals surface area contributed by atoms with Crippen molar-refractivity contribution in [3.8, 4) is 17.2 Å². The number of rotatable bonds is 6. The van der Waals surface area contributed by atoms with Crippen molar-refractivity contribution in [2.45, 2.75) is 0 Å². The zero-order chi connectivity index (χ0) is 18.4. The van der Waals surface area contributed by atoms with E-state index in [1.54, 1.807) is 0 Å². The molecule has 130 valence electrons. The van der Waals surface area contributed by atoms with Crippen LogP contribution in [0.25, 0.3) is 0 Å². The van der Waals surface area contributed by atoms with Crippen molar-refractivity contribution in [1.82, 2.24) is 5.43 Å². The summed E-state index contributed by atoms with van der Waals surface area (Å²) in [6.45, 7) is -0.513. The number of carbonyl (C=O) groups excluding carboxylic acids is 1. The standard InChI is InChI=1S/C15H12ClN3O6/c16-10-2-4-14(12(5-10)19(23)24)25-8-15(22)18-17-7-9-1-3-11(20)6-13(9)21/h1-7,20-21H,8H2,(H,18,22)/b17-7+. The number of nitro groups is 1. The predicted octanol–water partition coefficient (Wildman–Crippen LogP) is 2.19. The molecule has 3 N–H and O–H groups in total. The highest BCUT2D eigenvalue weighted by Gasteiger charge is 2.16. The number of nitro benzene ring substituents is 1. The summed E-state index contributed by atoms with van der Waals surface area (Å²) in [6.07, 6.45) is 1.16. The number of nitrogens with zero attached hydrogens (tertiary/aromatic N) is 2. The lowest BCUT2D eigenvalue weighted by molar-refractivity contribution is -0.385. The van der Waals surface area contributed by atoms with E-state index in [9.17, 15) is 20.0 Å². The summed E-state index contributed by atoms with van der Waals surface area (Å²) in [5, 5.41) is 33.4. The van der Waals surface area contributed by atoms with E-state index in [1.807, 2.05) is 0 Å². The van der Waals surface area contributed by atoms with Crippen molar-refractivity contribution in [1.29, 1.82) is 0 Å². The molecule has 2 aromatic carbocycles. The van der Waals surface area contributed by atoms with Crippen LogP contribution in [0.2, 0.25) is 5.02 Å². The van der Waals surface area contributed by atoms with Gasteiger partial charge in [-0.3, -0.25) is 14.9 Å². The molecular formula is C15H12ClN3O6. The van der Waals surface area contributed by atoms with Crippen LogP contribution in [0.5, 0.6) is 17.2 Å². The van der Waals surface area contributed by atoms with Crippen LogP contribution in [0, 0.1) is 10.1 Å². The lowest BCUT2D eigenvalue weighted by Crippen LogP contribution is -2.24. The fourth-order valence-corrected chi connectivity index (χ4v) is 1.91. The van der Waals surface area contributed by atoms with Crippen molar-refractivity contribution < 1.29 is 24.7 Å². The average molecular weight is 366 g/mol. The number of phenolic OH excluding ortho intramolecular Hbond substituents is 2. The second-order valence-electron chi connectivity index (χ2n) is 4.69. The Morgan fingerprint density at radius 1 is 1.32 bits per heavy atom. The molecule has 0 atom stereocenters. The van der Waals surface area contributed by atoms with Crippen LogP contribution >= 0.6 is 11.6 Å². The highest BCUT2D eigenvalue weighted by atomic mass is 35.5. The molecule has 0 aromatic heterocycles. The first-order valence-electron chi connectivity index (χ1n) is 6.77. The van der Waals surface area contributed by atoms with E-state index in [0.717, 1.165) is 18.3 Å². The first-order valence-corrected chi connectivity index (χ1v) is 7.15. The van der Waals surface area contributed by atoms with Gasteiger partial charge in [0.15, 0.2) is 12.4 Å². The minimum absolute atomic E-state index is 0.107. The third-order valence-corrected chi connectivity index (χ3v) is 3.12. The Labute approximate surface area is 146 Å². The number of benzene rings is 2. The van der Waals surface area contributed by atoms with Crippen LogP contribution in [-0.4, -0.2) is 33.9 Å². The Bertz CT molecular complexity index is 840. The molecule has 9 nitrogen and oxygen atoms in total. The Hall–Kier alpha value is -3.33. The van der Waals surface area contributed by atoms with Crippen molar-refractivity contribution in [2.75, 3.05) is 6.61 Å². The second kappa shape index (κ2) is 7.97. The summed E-state index contributed by atoms with van der Waals surface area (Å²) >= 11 is 5.68. The molecule has 25 heavy (non-hydrogen) atoms. The van der Waals surface area contributed by atoms with Gasteiger partial charge in [-0.15, -0.1) is 0 Å². The smallest absolute Gasteiger partial charge is 0.312 e. The Kier molecular flexibility index (Phi) is 5.75. The van der Waals surface area contributed by atoms with Gasteiger partial charge < -0.3 is 14.9 Å². The van der Waals surface area contributed by atoms with Gasteiger partial charge in [0.1, 0.15) is 11.5 Å². The van der Waals surface area contributed by atoms with Crippen LogP contribution in [0.1, 0.15) is 5.56 Å². The maximum Gasteiger partial charge on any atom is 0.312 e. The molecule has 0 spiro atoms. The van der Waals surface area contributed by atoms with Gasteiger partial charge in [-0.25, -0.2) is 5.43 Å². The molecule has 0 aliphatic heterocycles. The van der Waals surface area contributed by atoms with E-state index in [2.05, 4.69) is 10.5 Å². The number of hydrogen-bond donors (Lipinski definition) is 3. The minimum atomic E-state index is -0.676. The van der Waals surface area contributed by atoms with Crippen molar-refractivity contribution in [2.24, 2.45) is 5.10 Å². The number of amides is 1. The van der Waals surface area contributed by atoms with Gasteiger partial charge >= 0.3 is 5.69 Å². The largest absolute Gasteiger partial charge is 0.508 e. The zero-order valence-electron chi connectivity index (χ0n) is 12.5. The summed E-state index contributed by atoms with van der Waals surface area (Å²) in [4.78, 5) is 21.9. The highest BCUT2D eigenvalue weighted by molar-refractivity contribution is 6.30. The van der Waals surface area contributed by atoms with Crippen molar-refractivity contribution in [3.05, 3.63) is 57.1 Å². The number of hydrogen-bond acceptors (Lipinski definition) is 7. The lowest BCUT2D eigenvalue weighted by Gasteiger charge is -2.06. The minimum Gasteiger partial charge on any atom is -0.508 e. The van der Waals surface area contributed by atoms with Gasteiger partial charge in [0.05, 0.1) is 11.1 Å². The molecule has 0 saturated carbocycles. The number of phenols is 2. The predicted molar refractivity (Wildman–Crippen MR) is 89.1 cm³/mol. The second-order valence-corrected chi connectivity index (χ2v) is 5.13. The maximum absolute atomic E-state index is 11.6. The molecule has 0 bridgehead atoms. The van der Waals surface area contributed by atoms with Gasteiger partial charge in [0, 0.05) is 22.7 Å². The van der Waals surface area contributed by atoms with Gasteiger partial charge in [-0.1, -0.05) is 11.6 Å². The molecule has 10 heteroatoms. The van der Waals surface area contributed by atoms with E-state index >= 15 is 0 Å². The SMILES string of the molecule is O=C(COc1ccc(Cl)cc1[N+](=O)[O-])N/N=C/c1ccc(O)cc1O. The monoisotopic (exact) mass is 365 g/mol. The molecule has 0 aliphatic rings. The number of ether oxygens (including phenoxy) is 1. The number of halogens is 1. The summed E-state index contributed by atoms with van der Waals surface area (Å²) in [6, 6.07) is 7.64.